The van der Waals surface area contributed by atoms with Gasteiger partial charge in [-0.05, 0) is 43.5 Å². The average Bonchev–Trinajstić information content (AvgIpc) is 2.09. The molecule has 14 heavy (non-hydrogen) atoms. The van der Waals surface area contributed by atoms with Crippen LogP contribution in [0.1, 0.15) is 37.8 Å². The van der Waals surface area contributed by atoms with Crippen molar-refractivity contribution in [3.05, 3.63) is 34.3 Å². The molecule has 1 atom stereocenters. The Balaban J connectivity index is 3.10. The van der Waals surface area contributed by atoms with Gasteiger partial charge in [0, 0.05) is 5.02 Å². The highest BCUT2D eigenvalue weighted by Gasteiger charge is 2.23. The smallest absolute Gasteiger partial charge is 0.0871 e. The number of benzene rings is 1. The Bertz CT molecular complexity index is 318. The molecule has 0 bridgehead atoms. The molecule has 0 aliphatic carbocycles. The maximum absolute atomic E-state index is 10.2. The summed E-state index contributed by atoms with van der Waals surface area (Å²) < 4.78 is 0. The second-order valence-electron chi connectivity index (χ2n) is 3.98. The highest BCUT2D eigenvalue weighted by Crippen LogP contribution is 2.30. The molecule has 0 saturated heterocycles. The molecular weight excluding hydrogens is 196 g/mol. The monoisotopic (exact) mass is 212 g/mol. The Kier molecular flexibility index (Phi) is 3.57. The van der Waals surface area contributed by atoms with Crippen molar-refractivity contribution in [2.75, 3.05) is 0 Å². The lowest BCUT2D eigenvalue weighted by atomic mass is 9.88. The van der Waals surface area contributed by atoms with E-state index in [2.05, 4.69) is 6.92 Å². The second kappa shape index (κ2) is 4.33. The van der Waals surface area contributed by atoms with Crippen LogP contribution in [0.5, 0.6) is 0 Å². The molecule has 0 amide bonds. The number of rotatable bonds is 3. The third-order valence-corrected chi connectivity index (χ3v) is 2.75. The molecule has 0 heterocycles. The second-order valence-corrected chi connectivity index (χ2v) is 4.42. The molecule has 0 aliphatic heterocycles. The summed E-state index contributed by atoms with van der Waals surface area (Å²) in [4.78, 5) is 0. The van der Waals surface area contributed by atoms with E-state index in [1.54, 1.807) is 0 Å². The van der Waals surface area contributed by atoms with Crippen molar-refractivity contribution < 1.29 is 5.11 Å². The predicted molar refractivity (Wildman–Crippen MR) is 60.7 cm³/mol. The summed E-state index contributed by atoms with van der Waals surface area (Å²) in [6.45, 7) is 5.90. The van der Waals surface area contributed by atoms with Crippen molar-refractivity contribution in [1.29, 1.82) is 0 Å². The van der Waals surface area contributed by atoms with Crippen LogP contribution >= 0.6 is 11.6 Å². The summed E-state index contributed by atoms with van der Waals surface area (Å²) >= 11 is 5.91. The van der Waals surface area contributed by atoms with E-state index in [4.69, 9.17) is 11.6 Å². The lowest BCUT2D eigenvalue weighted by Gasteiger charge is -2.25. The first-order chi connectivity index (χ1) is 6.47. The fourth-order valence-corrected chi connectivity index (χ4v) is 1.97. The normalized spacial score (nSPS) is 15.2. The van der Waals surface area contributed by atoms with Crippen molar-refractivity contribution >= 4 is 11.6 Å². The van der Waals surface area contributed by atoms with E-state index < -0.39 is 5.60 Å². The zero-order valence-electron chi connectivity index (χ0n) is 8.97. The van der Waals surface area contributed by atoms with Gasteiger partial charge in [-0.25, -0.2) is 0 Å². The number of hydrogen-bond acceptors (Lipinski definition) is 1. The standard InChI is InChI=1S/C12H17ClO/c1-4-7-12(3,14)11-8-10(13)6-5-9(11)2/h5-6,8,14H,4,7H2,1-3H3/t12-/m0/s1. The van der Waals surface area contributed by atoms with Crippen LogP contribution in [-0.2, 0) is 5.60 Å². The lowest BCUT2D eigenvalue weighted by molar-refractivity contribution is 0.0463. The molecule has 2 heteroatoms. The maximum Gasteiger partial charge on any atom is 0.0871 e. The Hall–Kier alpha value is -0.530. The van der Waals surface area contributed by atoms with Gasteiger partial charge in [-0.3, -0.25) is 0 Å². The van der Waals surface area contributed by atoms with Gasteiger partial charge in [-0.2, -0.15) is 0 Å². The zero-order chi connectivity index (χ0) is 10.8. The molecule has 0 radical (unpaired) electrons. The Morgan fingerprint density at radius 3 is 2.64 bits per heavy atom. The molecule has 1 aromatic rings. The molecule has 0 saturated carbocycles. The summed E-state index contributed by atoms with van der Waals surface area (Å²) in [6, 6.07) is 5.65. The van der Waals surface area contributed by atoms with E-state index in [1.807, 2.05) is 32.0 Å². The zero-order valence-corrected chi connectivity index (χ0v) is 9.73. The maximum atomic E-state index is 10.2. The molecule has 0 spiro atoms. The minimum atomic E-state index is -0.760. The summed E-state index contributed by atoms with van der Waals surface area (Å²) in [7, 11) is 0. The number of halogens is 1. The molecular formula is C12H17ClO. The molecule has 0 aromatic heterocycles. The predicted octanol–water partition coefficient (Wildman–Crippen LogP) is 3.66. The van der Waals surface area contributed by atoms with Gasteiger partial charge < -0.3 is 5.11 Å². The van der Waals surface area contributed by atoms with E-state index >= 15 is 0 Å². The first-order valence-corrected chi connectivity index (χ1v) is 5.34. The largest absolute Gasteiger partial charge is 0.385 e. The average molecular weight is 213 g/mol. The minimum absolute atomic E-state index is 0.682. The van der Waals surface area contributed by atoms with Crippen LogP contribution in [0.15, 0.2) is 18.2 Å². The molecule has 0 unspecified atom stereocenters. The van der Waals surface area contributed by atoms with E-state index in [-0.39, 0.29) is 0 Å². The third-order valence-electron chi connectivity index (χ3n) is 2.52. The van der Waals surface area contributed by atoms with Crippen LogP contribution in [-0.4, -0.2) is 5.11 Å². The Labute approximate surface area is 90.7 Å². The highest BCUT2D eigenvalue weighted by atomic mass is 35.5. The van der Waals surface area contributed by atoms with Crippen LogP contribution in [0, 0.1) is 6.92 Å². The molecule has 0 aliphatic rings. The first kappa shape index (κ1) is 11.5. The van der Waals surface area contributed by atoms with Crippen molar-refractivity contribution in [1.82, 2.24) is 0 Å². The van der Waals surface area contributed by atoms with Crippen molar-refractivity contribution in [3.8, 4) is 0 Å². The van der Waals surface area contributed by atoms with Gasteiger partial charge in [0.05, 0.1) is 5.60 Å². The molecule has 1 aromatic carbocycles. The number of hydrogen-bond donors (Lipinski definition) is 1. The quantitative estimate of drug-likeness (QED) is 0.811. The summed E-state index contributed by atoms with van der Waals surface area (Å²) in [6.07, 6.45) is 1.72. The Morgan fingerprint density at radius 2 is 2.07 bits per heavy atom. The van der Waals surface area contributed by atoms with Crippen LogP contribution in [0.4, 0.5) is 0 Å². The van der Waals surface area contributed by atoms with E-state index in [1.165, 1.54) is 0 Å². The molecule has 1 nitrogen and oxygen atoms in total. The molecule has 1 rings (SSSR count). The first-order valence-electron chi connectivity index (χ1n) is 4.96. The van der Waals surface area contributed by atoms with Gasteiger partial charge in [0.2, 0.25) is 0 Å². The van der Waals surface area contributed by atoms with Gasteiger partial charge in [-0.1, -0.05) is 31.0 Å². The third kappa shape index (κ3) is 2.49. The van der Waals surface area contributed by atoms with Gasteiger partial charge in [0.25, 0.3) is 0 Å². The van der Waals surface area contributed by atoms with E-state index in [9.17, 15) is 5.11 Å². The fraction of sp³-hybridized carbons (Fsp3) is 0.500. The highest BCUT2D eigenvalue weighted by molar-refractivity contribution is 6.30. The molecule has 0 fully saturated rings. The van der Waals surface area contributed by atoms with E-state index in [0.29, 0.717) is 5.02 Å². The molecule has 1 N–H and O–H groups in total. The SMILES string of the molecule is CCC[C@](C)(O)c1cc(Cl)ccc1C. The lowest BCUT2D eigenvalue weighted by Crippen LogP contribution is -2.21. The van der Waals surface area contributed by atoms with Crippen LogP contribution in [0.2, 0.25) is 5.02 Å². The summed E-state index contributed by atoms with van der Waals surface area (Å²) in [5, 5.41) is 10.9. The van der Waals surface area contributed by atoms with Crippen LogP contribution < -0.4 is 0 Å². The fourth-order valence-electron chi connectivity index (χ4n) is 1.80. The topological polar surface area (TPSA) is 20.2 Å². The van der Waals surface area contributed by atoms with E-state index in [0.717, 1.165) is 24.0 Å². The summed E-state index contributed by atoms with van der Waals surface area (Å²) in [5.74, 6) is 0. The van der Waals surface area contributed by atoms with Crippen LogP contribution in [0.25, 0.3) is 0 Å². The van der Waals surface area contributed by atoms with Crippen LogP contribution in [0.3, 0.4) is 0 Å². The number of aryl methyl sites for hydroxylation is 1. The van der Waals surface area contributed by atoms with Gasteiger partial charge in [-0.15, -0.1) is 0 Å². The van der Waals surface area contributed by atoms with Crippen molar-refractivity contribution in [3.63, 3.8) is 0 Å². The van der Waals surface area contributed by atoms with Gasteiger partial charge in [0.15, 0.2) is 0 Å². The number of aliphatic hydroxyl groups is 1. The molecule has 78 valence electrons. The van der Waals surface area contributed by atoms with Gasteiger partial charge in [0.1, 0.15) is 0 Å². The minimum Gasteiger partial charge on any atom is -0.385 e. The van der Waals surface area contributed by atoms with Crippen molar-refractivity contribution in [2.24, 2.45) is 0 Å². The van der Waals surface area contributed by atoms with Crippen molar-refractivity contribution in [2.45, 2.75) is 39.2 Å². The van der Waals surface area contributed by atoms with Gasteiger partial charge >= 0.3 is 0 Å². The summed E-state index contributed by atoms with van der Waals surface area (Å²) in [5.41, 5.74) is 1.27. The Morgan fingerprint density at radius 1 is 1.43 bits per heavy atom.